The van der Waals surface area contributed by atoms with Gasteiger partial charge in [0.2, 0.25) is 11.8 Å². The van der Waals surface area contributed by atoms with Crippen LogP contribution in [0.4, 0.5) is 4.39 Å². The maximum Gasteiger partial charge on any atom is 0.242 e. The minimum Gasteiger partial charge on any atom is -0.467 e. The lowest BCUT2D eigenvalue weighted by molar-refractivity contribution is -0.141. The largest absolute Gasteiger partial charge is 0.467 e. The SMILES string of the molecule is CCCN(CC(=O)N(Cc1ccc(F)cc1)Cc1ccco1)C(=O)CC. The van der Waals surface area contributed by atoms with Gasteiger partial charge in [-0.25, -0.2) is 4.39 Å². The molecule has 0 fully saturated rings. The molecule has 0 aliphatic heterocycles. The molecular weight excluding hydrogens is 335 g/mol. The van der Waals surface area contributed by atoms with Crippen LogP contribution in [0.1, 0.15) is 38.0 Å². The molecule has 0 N–H and O–H groups in total. The molecule has 1 heterocycles. The lowest BCUT2D eigenvalue weighted by atomic mass is 10.2. The van der Waals surface area contributed by atoms with Crippen molar-refractivity contribution in [3.8, 4) is 0 Å². The molecule has 0 saturated heterocycles. The van der Waals surface area contributed by atoms with Gasteiger partial charge in [0, 0.05) is 19.5 Å². The summed E-state index contributed by atoms with van der Waals surface area (Å²) in [4.78, 5) is 28.1. The van der Waals surface area contributed by atoms with E-state index in [9.17, 15) is 14.0 Å². The van der Waals surface area contributed by atoms with Crippen molar-refractivity contribution in [1.29, 1.82) is 0 Å². The minimum atomic E-state index is -0.319. The summed E-state index contributed by atoms with van der Waals surface area (Å²) in [6.07, 6.45) is 2.71. The number of furan rings is 1. The Balaban J connectivity index is 2.14. The lowest BCUT2D eigenvalue weighted by Gasteiger charge is -2.27. The Morgan fingerprint density at radius 2 is 1.73 bits per heavy atom. The van der Waals surface area contributed by atoms with E-state index >= 15 is 0 Å². The zero-order valence-electron chi connectivity index (χ0n) is 15.3. The van der Waals surface area contributed by atoms with Gasteiger partial charge in [0.05, 0.1) is 19.4 Å². The molecule has 0 spiro atoms. The fourth-order valence-electron chi connectivity index (χ4n) is 2.68. The highest BCUT2D eigenvalue weighted by Crippen LogP contribution is 2.13. The molecule has 1 aromatic carbocycles. The van der Waals surface area contributed by atoms with Crippen LogP contribution in [0.2, 0.25) is 0 Å². The molecule has 2 rings (SSSR count). The lowest BCUT2D eigenvalue weighted by Crippen LogP contribution is -2.42. The highest BCUT2D eigenvalue weighted by Gasteiger charge is 2.21. The van der Waals surface area contributed by atoms with Gasteiger partial charge in [0.15, 0.2) is 0 Å². The first kappa shape index (κ1) is 19.7. The predicted molar refractivity (Wildman–Crippen MR) is 96.5 cm³/mol. The number of benzene rings is 1. The highest BCUT2D eigenvalue weighted by molar-refractivity contribution is 5.84. The van der Waals surface area contributed by atoms with E-state index in [0.29, 0.717) is 31.8 Å². The molecular formula is C20H25FN2O3. The van der Waals surface area contributed by atoms with E-state index in [1.165, 1.54) is 12.1 Å². The Hall–Kier alpha value is -2.63. The summed E-state index contributed by atoms with van der Waals surface area (Å²) < 4.78 is 18.5. The summed E-state index contributed by atoms with van der Waals surface area (Å²) in [7, 11) is 0. The van der Waals surface area contributed by atoms with Crippen molar-refractivity contribution in [2.45, 2.75) is 39.8 Å². The van der Waals surface area contributed by atoms with Crippen LogP contribution in [0, 0.1) is 5.82 Å². The summed E-state index contributed by atoms with van der Waals surface area (Å²) >= 11 is 0. The number of hydrogen-bond acceptors (Lipinski definition) is 3. The summed E-state index contributed by atoms with van der Waals surface area (Å²) in [5.41, 5.74) is 0.815. The molecule has 140 valence electrons. The Bertz CT molecular complexity index is 698. The van der Waals surface area contributed by atoms with Crippen LogP contribution in [0.3, 0.4) is 0 Å². The van der Waals surface area contributed by atoms with Crippen LogP contribution in [0.25, 0.3) is 0 Å². The number of halogens is 1. The molecule has 0 aliphatic carbocycles. The van der Waals surface area contributed by atoms with E-state index in [1.54, 1.807) is 47.3 Å². The maximum atomic E-state index is 13.1. The van der Waals surface area contributed by atoms with Crippen molar-refractivity contribution in [1.82, 2.24) is 9.80 Å². The molecule has 0 saturated carbocycles. The first-order valence-electron chi connectivity index (χ1n) is 8.85. The first-order chi connectivity index (χ1) is 12.5. The van der Waals surface area contributed by atoms with Crippen LogP contribution in [0.15, 0.2) is 47.1 Å². The van der Waals surface area contributed by atoms with Crippen molar-refractivity contribution >= 4 is 11.8 Å². The van der Waals surface area contributed by atoms with E-state index in [1.807, 2.05) is 6.92 Å². The third-order valence-corrected chi connectivity index (χ3v) is 4.04. The van der Waals surface area contributed by atoms with E-state index in [-0.39, 0.29) is 24.2 Å². The monoisotopic (exact) mass is 360 g/mol. The Morgan fingerprint density at radius 3 is 2.31 bits per heavy atom. The molecule has 0 unspecified atom stereocenters. The second-order valence-corrected chi connectivity index (χ2v) is 6.12. The molecule has 6 heteroatoms. The topological polar surface area (TPSA) is 53.8 Å². The average Bonchev–Trinajstić information content (AvgIpc) is 3.15. The van der Waals surface area contributed by atoms with Gasteiger partial charge in [-0.3, -0.25) is 9.59 Å². The van der Waals surface area contributed by atoms with Crippen molar-refractivity contribution < 1.29 is 18.4 Å². The standard InChI is InChI=1S/C20H25FN2O3/c1-3-11-22(19(24)4-2)15-20(25)23(14-18-6-5-12-26-18)13-16-7-9-17(21)10-8-16/h5-10,12H,3-4,11,13-15H2,1-2H3. The molecule has 0 radical (unpaired) electrons. The Labute approximate surface area is 153 Å². The molecule has 2 amide bonds. The summed E-state index contributed by atoms with van der Waals surface area (Å²) in [6, 6.07) is 9.60. The van der Waals surface area contributed by atoms with E-state index in [0.717, 1.165) is 12.0 Å². The molecule has 26 heavy (non-hydrogen) atoms. The van der Waals surface area contributed by atoms with Crippen molar-refractivity contribution in [2.75, 3.05) is 13.1 Å². The summed E-state index contributed by atoms with van der Waals surface area (Å²) in [5, 5.41) is 0. The third kappa shape index (κ3) is 5.72. The third-order valence-electron chi connectivity index (χ3n) is 4.04. The maximum absolute atomic E-state index is 13.1. The van der Waals surface area contributed by atoms with Gasteiger partial charge < -0.3 is 14.2 Å². The van der Waals surface area contributed by atoms with Gasteiger partial charge in [-0.15, -0.1) is 0 Å². The van der Waals surface area contributed by atoms with Crippen LogP contribution in [-0.4, -0.2) is 34.7 Å². The predicted octanol–water partition coefficient (Wildman–Crippen LogP) is 3.60. The van der Waals surface area contributed by atoms with E-state index in [4.69, 9.17) is 4.42 Å². The zero-order valence-corrected chi connectivity index (χ0v) is 15.3. The van der Waals surface area contributed by atoms with Crippen LogP contribution < -0.4 is 0 Å². The second kappa shape index (κ2) is 9.75. The van der Waals surface area contributed by atoms with Crippen LogP contribution in [0.5, 0.6) is 0 Å². The van der Waals surface area contributed by atoms with Gasteiger partial charge in [0.1, 0.15) is 11.6 Å². The van der Waals surface area contributed by atoms with Gasteiger partial charge in [0.25, 0.3) is 0 Å². The van der Waals surface area contributed by atoms with Crippen LogP contribution >= 0.6 is 0 Å². The fourth-order valence-corrected chi connectivity index (χ4v) is 2.68. The second-order valence-electron chi connectivity index (χ2n) is 6.12. The molecule has 0 aliphatic rings. The number of hydrogen-bond donors (Lipinski definition) is 0. The van der Waals surface area contributed by atoms with Gasteiger partial charge in [-0.2, -0.15) is 0 Å². The summed E-state index contributed by atoms with van der Waals surface area (Å²) in [6.45, 7) is 4.95. The quantitative estimate of drug-likeness (QED) is 0.687. The number of nitrogens with zero attached hydrogens (tertiary/aromatic N) is 2. The average molecular weight is 360 g/mol. The molecule has 1 aromatic heterocycles. The van der Waals surface area contributed by atoms with Gasteiger partial charge >= 0.3 is 0 Å². The van der Waals surface area contributed by atoms with E-state index < -0.39 is 0 Å². The fraction of sp³-hybridized carbons (Fsp3) is 0.400. The van der Waals surface area contributed by atoms with Crippen molar-refractivity contribution in [2.24, 2.45) is 0 Å². The van der Waals surface area contributed by atoms with Gasteiger partial charge in [-0.05, 0) is 36.2 Å². The molecule has 2 aromatic rings. The van der Waals surface area contributed by atoms with Gasteiger partial charge in [-0.1, -0.05) is 26.0 Å². The Kier molecular flexibility index (Phi) is 7.38. The first-order valence-corrected chi connectivity index (χ1v) is 8.85. The van der Waals surface area contributed by atoms with Crippen LogP contribution in [-0.2, 0) is 22.7 Å². The minimum absolute atomic E-state index is 0.0302. The Morgan fingerprint density at radius 1 is 1.00 bits per heavy atom. The molecule has 0 bridgehead atoms. The molecule has 0 atom stereocenters. The number of rotatable bonds is 9. The normalized spacial score (nSPS) is 10.6. The molecule has 5 nitrogen and oxygen atoms in total. The highest BCUT2D eigenvalue weighted by atomic mass is 19.1. The zero-order chi connectivity index (χ0) is 18.9. The number of amides is 2. The van der Waals surface area contributed by atoms with Crippen molar-refractivity contribution in [3.05, 3.63) is 59.8 Å². The van der Waals surface area contributed by atoms with Crippen molar-refractivity contribution in [3.63, 3.8) is 0 Å². The summed E-state index contributed by atoms with van der Waals surface area (Å²) in [5.74, 6) is 0.130. The number of carbonyl (C=O) groups excluding carboxylic acids is 2. The smallest absolute Gasteiger partial charge is 0.242 e. The van der Waals surface area contributed by atoms with E-state index in [2.05, 4.69) is 0 Å². The number of carbonyl (C=O) groups is 2.